The minimum absolute atomic E-state index is 0.562. The summed E-state index contributed by atoms with van der Waals surface area (Å²) in [4.78, 5) is 7.43. The molecule has 2 heterocycles. The van der Waals surface area contributed by atoms with Crippen LogP contribution in [0.5, 0.6) is 0 Å². The number of hydrogen-bond acceptors (Lipinski definition) is 2. The first-order valence-corrected chi connectivity index (χ1v) is 9.84. The van der Waals surface area contributed by atoms with Gasteiger partial charge in [-0.15, -0.1) is 0 Å². The smallest absolute Gasteiger partial charge is 0.0758 e. The van der Waals surface area contributed by atoms with Crippen LogP contribution in [0.25, 0.3) is 32.9 Å². The van der Waals surface area contributed by atoms with E-state index in [1.165, 1.54) is 27.3 Å². The number of fused-ring (bicyclic) bond motifs is 5. The molecule has 0 atom stereocenters. The molecule has 134 valence electrons. The lowest BCUT2D eigenvalue weighted by molar-refractivity contribution is 0.314. The van der Waals surface area contributed by atoms with E-state index in [0.717, 1.165) is 36.3 Å². The standard InChI is InChI=1S/C23H18Cl2N2/c1-27-11-10-17-18(13-27)23(15-6-8-19(24)20(25)12-15)26-21-9-7-14-4-2-3-5-16(14)22(17)21/h2-9,12H,10-11,13H2,1H3. The Morgan fingerprint density at radius 1 is 0.926 bits per heavy atom. The molecule has 2 nitrogen and oxygen atoms in total. The molecule has 0 saturated heterocycles. The summed E-state index contributed by atoms with van der Waals surface area (Å²) in [5.41, 5.74) is 5.78. The Balaban J connectivity index is 1.88. The van der Waals surface area contributed by atoms with E-state index in [0.29, 0.717) is 10.0 Å². The van der Waals surface area contributed by atoms with Crippen LogP contribution in [-0.2, 0) is 13.0 Å². The van der Waals surface area contributed by atoms with E-state index in [9.17, 15) is 0 Å². The van der Waals surface area contributed by atoms with Gasteiger partial charge in [-0.1, -0.05) is 59.6 Å². The van der Waals surface area contributed by atoms with Gasteiger partial charge in [0.25, 0.3) is 0 Å². The molecule has 4 heteroatoms. The molecule has 5 rings (SSSR count). The van der Waals surface area contributed by atoms with Crippen molar-refractivity contribution in [2.45, 2.75) is 13.0 Å². The summed E-state index contributed by atoms with van der Waals surface area (Å²) >= 11 is 12.4. The van der Waals surface area contributed by atoms with Crippen LogP contribution in [-0.4, -0.2) is 23.5 Å². The average Bonchev–Trinajstić information content (AvgIpc) is 2.69. The highest BCUT2D eigenvalue weighted by molar-refractivity contribution is 6.42. The van der Waals surface area contributed by atoms with E-state index in [4.69, 9.17) is 28.2 Å². The quantitative estimate of drug-likeness (QED) is 0.350. The molecule has 1 aliphatic rings. The molecule has 1 aromatic heterocycles. The summed E-state index contributed by atoms with van der Waals surface area (Å²) in [6.07, 6.45) is 1.02. The van der Waals surface area contributed by atoms with E-state index in [1.807, 2.05) is 18.2 Å². The molecule has 0 N–H and O–H groups in total. The first-order valence-electron chi connectivity index (χ1n) is 9.09. The van der Waals surface area contributed by atoms with Gasteiger partial charge in [-0.25, -0.2) is 4.98 Å². The highest BCUT2D eigenvalue weighted by atomic mass is 35.5. The van der Waals surface area contributed by atoms with Crippen molar-refractivity contribution in [3.05, 3.63) is 75.8 Å². The second kappa shape index (κ2) is 6.49. The van der Waals surface area contributed by atoms with Crippen molar-refractivity contribution >= 4 is 44.9 Å². The Bertz CT molecular complexity index is 1200. The molecule has 4 aromatic rings. The van der Waals surface area contributed by atoms with Crippen molar-refractivity contribution in [3.63, 3.8) is 0 Å². The highest BCUT2D eigenvalue weighted by Crippen LogP contribution is 2.38. The zero-order valence-corrected chi connectivity index (χ0v) is 16.5. The van der Waals surface area contributed by atoms with Crippen LogP contribution in [0.2, 0.25) is 10.0 Å². The predicted octanol–water partition coefficient (Wildman–Crippen LogP) is 6.35. The molecule has 27 heavy (non-hydrogen) atoms. The Kier molecular flexibility index (Phi) is 4.08. The summed E-state index contributed by atoms with van der Waals surface area (Å²) in [5.74, 6) is 0. The predicted molar refractivity (Wildman–Crippen MR) is 115 cm³/mol. The highest BCUT2D eigenvalue weighted by Gasteiger charge is 2.23. The number of aromatic nitrogens is 1. The number of nitrogens with zero attached hydrogens (tertiary/aromatic N) is 2. The maximum Gasteiger partial charge on any atom is 0.0758 e. The van der Waals surface area contributed by atoms with Gasteiger partial charge in [0.1, 0.15) is 0 Å². The number of pyridine rings is 1. The zero-order chi connectivity index (χ0) is 18.5. The lowest BCUT2D eigenvalue weighted by atomic mass is 9.90. The lowest BCUT2D eigenvalue weighted by Gasteiger charge is -2.28. The third-order valence-electron chi connectivity index (χ3n) is 5.46. The van der Waals surface area contributed by atoms with Crippen molar-refractivity contribution in [2.75, 3.05) is 13.6 Å². The van der Waals surface area contributed by atoms with E-state index in [-0.39, 0.29) is 0 Å². The number of likely N-dealkylation sites (N-methyl/N-ethyl adjacent to an activating group) is 1. The summed E-state index contributed by atoms with van der Waals surface area (Å²) in [6, 6.07) is 18.7. The van der Waals surface area contributed by atoms with Crippen molar-refractivity contribution < 1.29 is 0 Å². The van der Waals surface area contributed by atoms with Gasteiger partial charge < -0.3 is 4.90 Å². The third-order valence-corrected chi connectivity index (χ3v) is 6.19. The minimum atomic E-state index is 0.562. The van der Waals surface area contributed by atoms with Gasteiger partial charge in [0.15, 0.2) is 0 Å². The summed E-state index contributed by atoms with van der Waals surface area (Å²) in [5, 5.41) is 4.96. The molecule has 3 aromatic carbocycles. The minimum Gasteiger partial charge on any atom is -0.302 e. The van der Waals surface area contributed by atoms with Gasteiger partial charge in [0.05, 0.1) is 21.3 Å². The Morgan fingerprint density at radius 2 is 1.78 bits per heavy atom. The maximum atomic E-state index is 6.30. The van der Waals surface area contributed by atoms with E-state index in [1.54, 1.807) is 0 Å². The first-order chi connectivity index (χ1) is 13.1. The number of rotatable bonds is 1. The van der Waals surface area contributed by atoms with Gasteiger partial charge in [0.2, 0.25) is 0 Å². The normalized spacial score (nSPS) is 14.6. The summed E-state index contributed by atoms with van der Waals surface area (Å²) in [6.45, 7) is 1.94. The fourth-order valence-electron chi connectivity index (χ4n) is 4.13. The molecule has 0 unspecified atom stereocenters. The van der Waals surface area contributed by atoms with Gasteiger partial charge in [-0.3, -0.25) is 0 Å². The average molecular weight is 393 g/mol. The van der Waals surface area contributed by atoms with Gasteiger partial charge >= 0.3 is 0 Å². The number of benzene rings is 3. The SMILES string of the molecule is CN1CCc2c(c(-c3ccc(Cl)c(Cl)c3)nc3ccc4ccccc4c23)C1. The molecule has 0 amide bonds. The molecule has 1 aliphatic heterocycles. The topological polar surface area (TPSA) is 16.1 Å². The van der Waals surface area contributed by atoms with Crippen molar-refractivity contribution in [3.8, 4) is 11.3 Å². The van der Waals surface area contributed by atoms with Crippen molar-refractivity contribution in [2.24, 2.45) is 0 Å². The second-order valence-electron chi connectivity index (χ2n) is 7.22. The van der Waals surface area contributed by atoms with E-state index < -0.39 is 0 Å². The molecule has 0 radical (unpaired) electrons. The largest absolute Gasteiger partial charge is 0.302 e. The van der Waals surface area contributed by atoms with Crippen LogP contribution in [0.15, 0.2) is 54.6 Å². The van der Waals surface area contributed by atoms with Gasteiger partial charge in [0, 0.05) is 24.0 Å². The monoisotopic (exact) mass is 392 g/mol. The zero-order valence-electron chi connectivity index (χ0n) is 15.0. The number of hydrogen-bond donors (Lipinski definition) is 0. The summed E-state index contributed by atoms with van der Waals surface area (Å²) < 4.78 is 0. The molecule has 0 aliphatic carbocycles. The van der Waals surface area contributed by atoms with Gasteiger partial charge in [-0.05, 0) is 53.6 Å². The Hall–Kier alpha value is -2.13. The maximum absolute atomic E-state index is 6.30. The van der Waals surface area contributed by atoms with Crippen molar-refractivity contribution in [1.29, 1.82) is 0 Å². The van der Waals surface area contributed by atoms with Crippen LogP contribution in [0.4, 0.5) is 0 Å². The Labute approximate surface area is 168 Å². The van der Waals surface area contributed by atoms with Crippen LogP contribution < -0.4 is 0 Å². The Morgan fingerprint density at radius 3 is 2.63 bits per heavy atom. The molecule has 0 spiro atoms. The van der Waals surface area contributed by atoms with Crippen LogP contribution in [0.1, 0.15) is 11.1 Å². The third kappa shape index (κ3) is 2.80. The summed E-state index contributed by atoms with van der Waals surface area (Å²) in [7, 11) is 2.16. The lowest BCUT2D eigenvalue weighted by Crippen LogP contribution is -2.27. The van der Waals surface area contributed by atoms with Gasteiger partial charge in [-0.2, -0.15) is 0 Å². The molecular formula is C23H18Cl2N2. The molecule has 0 bridgehead atoms. The van der Waals surface area contributed by atoms with Crippen LogP contribution in [0.3, 0.4) is 0 Å². The van der Waals surface area contributed by atoms with Crippen molar-refractivity contribution in [1.82, 2.24) is 9.88 Å². The molecule has 0 fully saturated rings. The number of halogens is 2. The van der Waals surface area contributed by atoms with E-state index >= 15 is 0 Å². The fourth-order valence-corrected chi connectivity index (χ4v) is 4.43. The second-order valence-corrected chi connectivity index (χ2v) is 8.03. The first kappa shape index (κ1) is 17.0. The fraction of sp³-hybridized carbons (Fsp3) is 0.174. The van der Waals surface area contributed by atoms with Crippen LogP contribution >= 0.6 is 23.2 Å². The van der Waals surface area contributed by atoms with Crippen LogP contribution in [0, 0.1) is 0 Å². The van der Waals surface area contributed by atoms with E-state index in [2.05, 4.69) is 48.3 Å². The molecule has 0 saturated carbocycles. The molecular weight excluding hydrogens is 375 g/mol.